The van der Waals surface area contributed by atoms with Crippen molar-refractivity contribution in [3.8, 4) is 11.3 Å². The standard InChI is InChI=1S/C21H18F3N3O2/c1-12-6-15-10-27(11-20(28)25-18(15)9-17(12)21(22,23)24)16-5-3-4-14(8-16)19-7-13(2)26-29-19/h3-9H,10-11H2,1-2H3,(H,25,28). The van der Waals surface area contributed by atoms with Gasteiger partial charge in [0.25, 0.3) is 0 Å². The molecular formula is C21H18F3N3O2. The van der Waals surface area contributed by atoms with E-state index >= 15 is 0 Å². The third kappa shape index (κ3) is 3.83. The summed E-state index contributed by atoms with van der Waals surface area (Å²) in [6.07, 6.45) is -4.47. The van der Waals surface area contributed by atoms with Crippen molar-refractivity contribution in [1.82, 2.24) is 5.16 Å². The Kier molecular flexibility index (Phi) is 4.56. The Morgan fingerprint density at radius 3 is 2.59 bits per heavy atom. The van der Waals surface area contributed by atoms with Crippen LogP contribution in [-0.4, -0.2) is 17.6 Å². The topological polar surface area (TPSA) is 58.4 Å². The van der Waals surface area contributed by atoms with E-state index in [1.807, 2.05) is 42.2 Å². The second kappa shape index (κ2) is 6.95. The molecule has 150 valence electrons. The van der Waals surface area contributed by atoms with E-state index < -0.39 is 11.7 Å². The van der Waals surface area contributed by atoms with E-state index in [0.717, 1.165) is 23.0 Å². The van der Waals surface area contributed by atoms with Crippen LogP contribution in [0.3, 0.4) is 0 Å². The third-order valence-electron chi connectivity index (χ3n) is 4.85. The summed E-state index contributed by atoms with van der Waals surface area (Å²) in [7, 11) is 0. The van der Waals surface area contributed by atoms with Crippen LogP contribution in [0.2, 0.25) is 0 Å². The number of nitrogens with one attached hydrogen (secondary N) is 1. The summed E-state index contributed by atoms with van der Waals surface area (Å²) in [6, 6.07) is 11.7. The van der Waals surface area contributed by atoms with Gasteiger partial charge in [0.2, 0.25) is 5.91 Å². The molecule has 3 aromatic rings. The molecule has 2 aromatic carbocycles. The Hall–Kier alpha value is -3.29. The largest absolute Gasteiger partial charge is 0.416 e. The third-order valence-corrected chi connectivity index (χ3v) is 4.85. The van der Waals surface area contributed by atoms with E-state index in [9.17, 15) is 18.0 Å². The molecule has 1 N–H and O–H groups in total. The molecule has 2 heterocycles. The van der Waals surface area contributed by atoms with Crippen LogP contribution >= 0.6 is 0 Å². The second-order valence-corrected chi connectivity index (χ2v) is 7.11. The Labute approximate surface area is 165 Å². The van der Waals surface area contributed by atoms with Crippen molar-refractivity contribution in [3.63, 3.8) is 0 Å². The summed E-state index contributed by atoms with van der Waals surface area (Å²) >= 11 is 0. The van der Waals surface area contributed by atoms with Crippen molar-refractivity contribution in [2.75, 3.05) is 16.8 Å². The number of rotatable bonds is 2. The molecule has 8 heteroatoms. The van der Waals surface area contributed by atoms with Gasteiger partial charge in [-0.15, -0.1) is 0 Å². The summed E-state index contributed by atoms with van der Waals surface area (Å²) in [4.78, 5) is 14.2. The number of benzene rings is 2. The fourth-order valence-electron chi connectivity index (χ4n) is 3.48. The summed E-state index contributed by atoms with van der Waals surface area (Å²) < 4.78 is 45.0. The number of hydrogen-bond acceptors (Lipinski definition) is 4. The molecule has 29 heavy (non-hydrogen) atoms. The number of aromatic nitrogens is 1. The molecule has 1 aliphatic heterocycles. The Bertz CT molecular complexity index is 1090. The molecule has 0 spiro atoms. The van der Waals surface area contributed by atoms with Crippen LogP contribution in [0.5, 0.6) is 0 Å². The monoisotopic (exact) mass is 401 g/mol. The van der Waals surface area contributed by atoms with Crippen molar-refractivity contribution in [1.29, 1.82) is 0 Å². The smallest absolute Gasteiger partial charge is 0.358 e. The number of carbonyl (C=O) groups excluding carboxylic acids is 1. The quantitative estimate of drug-likeness (QED) is 0.661. The Morgan fingerprint density at radius 1 is 1.10 bits per heavy atom. The summed E-state index contributed by atoms with van der Waals surface area (Å²) in [5, 5.41) is 6.49. The van der Waals surface area contributed by atoms with Crippen molar-refractivity contribution in [3.05, 3.63) is 64.8 Å². The zero-order valence-electron chi connectivity index (χ0n) is 15.8. The second-order valence-electron chi connectivity index (χ2n) is 7.11. The lowest BCUT2D eigenvalue weighted by molar-refractivity contribution is -0.138. The molecule has 5 nitrogen and oxygen atoms in total. The molecule has 0 fully saturated rings. The van der Waals surface area contributed by atoms with E-state index in [4.69, 9.17) is 4.52 Å². The minimum atomic E-state index is -4.47. The van der Waals surface area contributed by atoms with E-state index in [-0.39, 0.29) is 23.7 Å². The molecule has 1 aliphatic rings. The minimum absolute atomic E-state index is 0.0218. The Balaban J connectivity index is 1.71. The molecule has 0 saturated heterocycles. The number of anilines is 2. The maximum atomic E-state index is 13.2. The molecular weight excluding hydrogens is 383 g/mol. The van der Waals surface area contributed by atoms with Crippen LogP contribution in [0.25, 0.3) is 11.3 Å². The summed E-state index contributed by atoms with van der Waals surface area (Å²) in [6.45, 7) is 3.57. The number of fused-ring (bicyclic) bond motifs is 1. The maximum Gasteiger partial charge on any atom is 0.416 e. The molecule has 0 bridgehead atoms. The van der Waals surface area contributed by atoms with Gasteiger partial charge in [0, 0.05) is 29.5 Å². The average Bonchev–Trinajstić information content (AvgIpc) is 3.01. The van der Waals surface area contributed by atoms with Crippen LogP contribution in [-0.2, 0) is 17.5 Å². The minimum Gasteiger partial charge on any atom is -0.358 e. The number of alkyl halides is 3. The highest BCUT2D eigenvalue weighted by atomic mass is 19.4. The van der Waals surface area contributed by atoms with Crippen molar-refractivity contribution in [2.45, 2.75) is 26.6 Å². The van der Waals surface area contributed by atoms with Crippen LogP contribution < -0.4 is 10.2 Å². The van der Waals surface area contributed by atoms with E-state index in [0.29, 0.717) is 17.9 Å². The summed E-state index contributed by atoms with van der Waals surface area (Å²) in [5.74, 6) is 0.233. The van der Waals surface area contributed by atoms with E-state index in [1.54, 1.807) is 0 Å². The zero-order chi connectivity index (χ0) is 20.8. The average molecular weight is 401 g/mol. The van der Waals surface area contributed by atoms with Crippen molar-refractivity contribution >= 4 is 17.3 Å². The lowest BCUT2D eigenvalue weighted by Crippen LogP contribution is -2.29. The van der Waals surface area contributed by atoms with Gasteiger partial charge in [0.15, 0.2) is 5.76 Å². The van der Waals surface area contributed by atoms with Crippen LogP contribution in [0.15, 0.2) is 47.0 Å². The first-order chi connectivity index (χ1) is 13.7. The van der Waals surface area contributed by atoms with Gasteiger partial charge in [0.1, 0.15) is 0 Å². The van der Waals surface area contributed by atoms with E-state index in [1.165, 1.54) is 13.0 Å². The highest BCUT2D eigenvalue weighted by molar-refractivity contribution is 5.96. The SMILES string of the molecule is Cc1cc(-c2cccc(N3CC(=O)Nc4cc(C(F)(F)F)c(C)cc4C3)c2)on1. The van der Waals surface area contributed by atoms with Gasteiger partial charge in [-0.3, -0.25) is 4.79 Å². The number of aryl methyl sites for hydroxylation is 2. The van der Waals surface area contributed by atoms with E-state index in [2.05, 4.69) is 10.5 Å². The van der Waals surface area contributed by atoms with Gasteiger partial charge < -0.3 is 14.7 Å². The number of carbonyl (C=O) groups is 1. The van der Waals surface area contributed by atoms with Gasteiger partial charge in [-0.2, -0.15) is 13.2 Å². The number of hydrogen-bond donors (Lipinski definition) is 1. The predicted octanol–water partition coefficient (Wildman–Crippen LogP) is 4.94. The van der Waals surface area contributed by atoms with Gasteiger partial charge in [0.05, 0.1) is 17.8 Å². The first-order valence-electron chi connectivity index (χ1n) is 9.00. The fourth-order valence-corrected chi connectivity index (χ4v) is 3.48. The van der Waals surface area contributed by atoms with Crippen LogP contribution in [0.1, 0.15) is 22.4 Å². The molecule has 0 aliphatic carbocycles. The molecule has 0 saturated carbocycles. The van der Waals surface area contributed by atoms with Crippen molar-refractivity contribution in [2.24, 2.45) is 0 Å². The maximum absolute atomic E-state index is 13.2. The van der Waals surface area contributed by atoms with Gasteiger partial charge >= 0.3 is 6.18 Å². The lowest BCUT2D eigenvalue weighted by Gasteiger charge is -2.22. The molecule has 0 radical (unpaired) electrons. The molecule has 1 aromatic heterocycles. The fraction of sp³-hybridized carbons (Fsp3) is 0.238. The van der Waals surface area contributed by atoms with Crippen LogP contribution in [0, 0.1) is 13.8 Å². The zero-order valence-corrected chi connectivity index (χ0v) is 15.8. The number of halogens is 3. The Morgan fingerprint density at radius 2 is 1.90 bits per heavy atom. The highest BCUT2D eigenvalue weighted by Gasteiger charge is 2.34. The van der Waals surface area contributed by atoms with Gasteiger partial charge in [-0.05, 0) is 43.2 Å². The van der Waals surface area contributed by atoms with Gasteiger partial charge in [-0.1, -0.05) is 23.4 Å². The molecule has 4 rings (SSSR count). The normalized spacial score (nSPS) is 14.4. The van der Waals surface area contributed by atoms with Crippen molar-refractivity contribution < 1.29 is 22.5 Å². The molecule has 0 unspecified atom stereocenters. The van der Waals surface area contributed by atoms with Gasteiger partial charge in [-0.25, -0.2) is 0 Å². The number of amides is 1. The highest BCUT2D eigenvalue weighted by Crippen LogP contribution is 2.37. The first-order valence-corrected chi connectivity index (χ1v) is 9.00. The lowest BCUT2D eigenvalue weighted by atomic mass is 10.0. The molecule has 1 amide bonds. The first kappa shape index (κ1) is 19.0. The molecule has 0 atom stereocenters. The number of nitrogens with zero attached hydrogens (tertiary/aromatic N) is 2. The predicted molar refractivity (Wildman–Crippen MR) is 103 cm³/mol. The van der Waals surface area contributed by atoms with Crippen LogP contribution in [0.4, 0.5) is 24.5 Å². The summed E-state index contributed by atoms with van der Waals surface area (Å²) in [5.41, 5.74) is 2.52.